The molecular weight excluding hydrogens is 321 g/mol. The van der Waals surface area contributed by atoms with Gasteiger partial charge < -0.3 is 5.11 Å². The molecule has 1 aromatic rings. The molecule has 0 bridgehead atoms. The highest BCUT2D eigenvalue weighted by molar-refractivity contribution is 7.89. The van der Waals surface area contributed by atoms with Crippen LogP contribution < -0.4 is 0 Å². The molecule has 1 saturated heterocycles. The molecule has 0 aromatic carbocycles. The molecule has 0 amide bonds. The Morgan fingerprint density at radius 2 is 2.05 bits per heavy atom. The van der Waals surface area contributed by atoms with Crippen LogP contribution >= 0.6 is 11.6 Å². The van der Waals surface area contributed by atoms with E-state index in [-0.39, 0.29) is 9.92 Å². The van der Waals surface area contributed by atoms with Gasteiger partial charge in [0, 0.05) is 25.4 Å². The van der Waals surface area contributed by atoms with Crippen LogP contribution in [-0.2, 0) is 10.0 Å². The van der Waals surface area contributed by atoms with E-state index in [1.54, 1.807) is 0 Å². The summed E-state index contributed by atoms with van der Waals surface area (Å²) in [6, 6.07) is 1.09. The quantitative estimate of drug-likeness (QED) is 0.890. The van der Waals surface area contributed by atoms with E-state index in [4.69, 9.17) is 11.6 Å². The van der Waals surface area contributed by atoms with E-state index in [9.17, 15) is 26.7 Å². The maximum Gasteiger partial charge on any atom is 0.418 e. The summed E-state index contributed by atoms with van der Waals surface area (Å²) in [5.74, 6) is 0. The van der Waals surface area contributed by atoms with Gasteiger partial charge in [-0.25, -0.2) is 8.42 Å². The number of halogens is 4. The third-order valence-corrected chi connectivity index (χ3v) is 5.08. The smallest absolute Gasteiger partial charge is 0.379 e. The molecule has 1 N–H and O–H groups in total. The fourth-order valence-corrected chi connectivity index (χ4v) is 3.60. The molecule has 0 aliphatic carbocycles. The van der Waals surface area contributed by atoms with Gasteiger partial charge in [0.25, 0.3) is 0 Å². The first-order valence-corrected chi connectivity index (χ1v) is 7.28. The summed E-state index contributed by atoms with van der Waals surface area (Å²) in [6.45, 7) is -1.46. The van der Waals surface area contributed by atoms with Gasteiger partial charge in [-0.3, -0.25) is 4.98 Å². The largest absolute Gasteiger partial charge is 0.418 e. The lowest BCUT2D eigenvalue weighted by molar-refractivity contribution is -0.252. The standard InChI is InChI=1S/C10H10ClF3N2O3S/c11-7-3-8(5-15-4-7)20(18,19)16-2-1-9(17,6-16)10(12,13)14/h3-5,17H,1-2,6H2. The molecular formula is C10H10ClF3N2O3S. The van der Waals surface area contributed by atoms with Crippen LogP contribution in [-0.4, -0.2) is 47.7 Å². The van der Waals surface area contributed by atoms with Crippen LogP contribution in [0.1, 0.15) is 6.42 Å². The lowest BCUT2D eigenvalue weighted by Gasteiger charge is -2.25. The molecule has 1 aromatic heterocycles. The Balaban J connectivity index is 2.30. The fourth-order valence-electron chi connectivity index (χ4n) is 1.88. The van der Waals surface area contributed by atoms with Crippen molar-refractivity contribution in [3.63, 3.8) is 0 Å². The SMILES string of the molecule is O=S(=O)(c1cncc(Cl)c1)N1CCC(O)(C(F)(F)F)C1. The summed E-state index contributed by atoms with van der Waals surface area (Å²) < 4.78 is 62.9. The Morgan fingerprint density at radius 3 is 2.55 bits per heavy atom. The van der Waals surface area contributed by atoms with E-state index in [1.807, 2.05) is 0 Å². The number of rotatable bonds is 2. The average molecular weight is 331 g/mol. The Kier molecular flexibility index (Phi) is 3.74. The number of β-amino-alcohol motifs (C(OH)–C–C–N with tert-alkyl or cyclic N) is 1. The van der Waals surface area contributed by atoms with Gasteiger partial charge in [0.2, 0.25) is 10.0 Å². The minimum atomic E-state index is -4.89. The normalized spacial score (nSPS) is 25.1. The third-order valence-electron chi connectivity index (χ3n) is 3.06. The van der Waals surface area contributed by atoms with Crippen molar-refractivity contribution in [2.24, 2.45) is 0 Å². The Labute approximate surface area is 118 Å². The molecule has 1 aliphatic heterocycles. The number of alkyl halides is 3. The number of sulfonamides is 1. The van der Waals surface area contributed by atoms with Gasteiger partial charge >= 0.3 is 6.18 Å². The molecule has 20 heavy (non-hydrogen) atoms. The van der Waals surface area contributed by atoms with Crippen LogP contribution in [0.2, 0.25) is 5.02 Å². The topological polar surface area (TPSA) is 70.5 Å². The molecule has 10 heteroatoms. The van der Waals surface area contributed by atoms with Crippen molar-refractivity contribution >= 4 is 21.6 Å². The maximum atomic E-state index is 12.7. The van der Waals surface area contributed by atoms with Crippen LogP contribution in [0.4, 0.5) is 13.2 Å². The average Bonchev–Trinajstić information content (AvgIpc) is 2.73. The maximum absolute atomic E-state index is 12.7. The summed E-state index contributed by atoms with van der Waals surface area (Å²) in [7, 11) is -4.17. The minimum absolute atomic E-state index is 0.0522. The van der Waals surface area contributed by atoms with E-state index in [0.717, 1.165) is 12.3 Å². The van der Waals surface area contributed by atoms with Crippen LogP contribution in [0.3, 0.4) is 0 Å². The third kappa shape index (κ3) is 2.62. The van der Waals surface area contributed by atoms with Gasteiger partial charge in [0.05, 0.1) is 11.6 Å². The van der Waals surface area contributed by atoms with Crippen molar-refractivity contribution in [2.45, 2.75) is 23.1 Å². The number of hydrogen-bond acceptors (Lipinski definition) is 4. The Morgan fingerprint density at radius 1 is 1.40 bits per heavy atom. The van der Waals surface area contributed by atoms with Crippen LogP contribution in [0.25, 0.3) is 0 Å². The highest BCUT2D eigenvalue weighted by Crippen LogP contribution is 2.39. The fraction of sp³-hybridized carbons (Fsp3) is 0.500. The zero-order valence-corrected chi connectivity index (χ0v) is 11.5. The van der Waals surface area contributed by atoms with Crippen molar-refractivity contribution in [2.75, 3.05) is 13.1 Å². The second kappa shape index (κ2) is 4.83. The van der Waals surface area contributed by atoms with Crippen molar-refractivity contribution in [1.29, 1.82) is 0 Å². The molecule has 0 saturated carbocycles. The highest BCUT2D eigenvalue weighted by Gasteiger charge is 2.58. The molecule has 5 nitrogen and oxygen atoms in total. The molecule has 0 radical (unpaired) electrons. The van der Waals surface area contributed by atoms with Gasteiger partial charge in [-0.1, -0.05) is 11.6 Å². The molecule has 1 atom stereocenters. The van der Waals surface area contributed by atoms with E-state index in [2.05, 4.69) is 4.98 Å². The first-order chi connectivity index (χ1) is 9.06. The lowest BCUT2D eigenvalue weighted by Crippen LogP contribution is -2.48. The van der Waals surface area contributed by atoms with Gasteiger partial charge in [-0.2, -0.15) is 17.5 Å². The number of nitrogens with zero attached hydrogens (tertiary/aromatic N) is 2. The van der Waals surface area contributed by atoms with Crippen molar-refractivity contribution in [1.82, 2.24) is 9.29 Å². The number of pyridine rings is 1. The van der Waals surface area contributed by atoms with Gasteiger partial charge in [0.15, 0.2) is 5.60 Å². The van der Waals surface area contributed by atoms with E-state index in [0.29, 0.717) is 4.31 Å². The van der Waals surface area contributed by atoms with E-state index in [1.165, 1.54) is 6.20 Å². The lowest BCUT2D eigenvalue weighted by atomic mass is 10.0. The van der Waals surface area contributed by atoms with E-state index < -0.39 is 41.3 Å². The van der Waals surface area contributed by atoms with Gasteiger partial charge in [-0.05, 0) is 6.07 Å². The first kappa shape index (κ1) is 15.5. The Hall–Kier alpha value is -0.900. The molecule has 1 fully saturated rings. The van der Waals surface area contributed by atoms with Crippen LogP contribution in [0, 0.1) is 0 Å². The summed E-state index contributed by atoms with van der Waals surface area (Å²) in [5, 5.41) is 9.54. The van der Waals surface area contributed by atoms with Crippen LogP contribution in [0.5, 0.6) is 0 Å². The first-order valence-electron chi connectivity index (χ1n) is 5.46. The number of aliphatic hydroxyl groups is 1. The second-order valence-corrected chi connectivity index (χ2v) is 6.83. The monoisotopic (exact) mass is 330 g/mol. The second-order valence-electron chi connectivity index (χ2n) is 4.46. The summed E-state index contributed by atoms with van der Waals surface area (Å²) >= 11 is 5.61. The summed E-state index contributed by atoms with van der Waals surface area (Å²) in [5.41, 5.74) is -3.02. The predicted octanol–water partition coefficient (Wildman–Crippen LogP) is 1.42. The molecule has 1 unspecified atom stereocenters. The minimum Gasteiger partial charge on any atom is -0.379 e. The van der Waals surface area contributed by atoms with Crippen molar-refractivity contribution < 1.29 is 26.7 Å². The van der Waals surface area contributed by atoms with Crippen LogP contribution in [0.15, 0.2) is 23.4 Å². The van der Waals surface area contributed by atoms with Gasteiger partial charge in [0.1, 0.15) is 4.90 Å². The van der Waals surface area contributed by atoms with Gasteiger partial charge in [-0.15, -0.1) is 0 Å². The summed E-state index contributed by atoms with van der Waals surface area (Å²) in [4.78, 5) is 3.28. The number of aromatic nitrogens is 1. The molecule has 112 valence electrons. The molecule has 2 rings (SSSR count). The van der Waals surface area contributed by atoms with Crippen molar-refractivity contribution in [3.05, 3.63) is 23.5 Å². The summed E-state index contributed by atoms with van der Waals surface area (Å²) in [6.07, 6.45) is -3.39. The number of hydrogen-bond donors (Lipinski definition) is 1. The van der Waals surface area contributed by atoms with E-state index >= 15 is 0 Å². The molecule has 1 aliphatic rings. The highest BCUT2D eigenvalue weighted by atomic mass is 35.5. The predicted molar refractivity (Wildman–Crippen MR) is 63.6 cm³/mol. The zero-order chi connectivity index (χ0) is 15.2. The molecule has 2 heterocycles. The van der Waals surface area contributed by atoms with Crippen molar-refractivity contribution in [3.8, 4) is 0 Å². The zero-order valence-electron chi connectivity index (χ0n) is 9.93. The Bertz CT molecular complexity index is 622. The molecule has 0 spiro atoms.